The van der Waals surface area contributed by atoms with Crippen LogP contribution in [-0.2, 0) is 11.2 Å². The molecule has 0 atom stereocenters. The molecular weight excluding hydrogens is 454 g/mol. The zero-order valence-corrected chi connectivity index (χ0v) is 19.9. The summed E-state index contributed by atoms with van der Waals surface area (Å²) in [5.41, 5.74) is 4.21. The monoisotopic (exact) mass is 478 g/mol. The molecule has 0 aliphatic heterocycles. The highest BCUT2D eigenvalue weighted by molar-refractivity contribution is 7.99. The van der Waals surface area contributed by atoms with Crippen molar-refractivity contribution in [2.75, 3.05) is 10.6 Å². The van der Waals surface area contributed by atoms with Gasteiger partial charge in [0.1, 0.15) is 11.6 Å². The molecule has 0 fully saturated rings. The standard InChI is InChI=1S/C26H24F2N4OS/c1-4-5-17-7-8-19-22(10-11-29-26(19)31-17)32-23-12-15(2)6-9-24(23)34-25-20(27)13-18(14-21(25)28)30-16(3)33/h6-14H,4-5H2,1-3H3,(H,30,33)(H,29,31,32). The van der Waals surface area contributed by atoms with Crippen LogP contribution in [0.1, 0.15) is 31.5 Å². The Morgan fingerprint density at radius 1 is 1.03 bits per heavy atom. The molecule has 1 amide bonds. The van der Waals surface area contributed by atoms with E-state index in [2.05, 4.69) is 27.5 Å². The number of hydrogen-bond acceptors (Lipinski definition) is 5. The molecule has 0 saturated heterocycles. The number of aromatic nitrogens is 2. The Bertz CT molecular complexity index is 1350. The van der Waals surface area contributed by atoms with Crippen molar-refractivity contribution in [1.82, 2.24) is 9.97 Å². The third-order valence-corrected chi connectivity index (χ3v) is 6.27. The Balaban J connectivity index is 1.69. The summed E-state index contributed by atoms with van der Waals surface area (Å²) in [7, 11) is 0. The van der Waals surface area contributed by atoms with E-state index in [0.717, 1.165) is 59.1 Å². The fourth-order valence-electron chi connectivity index (χ4n) is 3.59. The summed E-state index contributed by atoms with van der Waals surface area (Å²) in [5.74, 6) is -1.89. The molecular formula is C26H24F2N4OS. The van der Waals surface area contributed by atoms with Crippen molar-refractivity contribution in [1.29, 1.82) is 0 Å². The Kier molecular flexibility index (Phi) is 7.07. The molecule has 8 heteroatoms. The van der Waals surface area contributed by atoms with Crippen LogP contribution in [0.4, 0.5) is 25.8 Å². The Morgan fingerprint density at radius 3 is 2.50 bits per heavy atom. The van der Waals surface area contributed by atoms with Gasteiger partial charge in [0.2, 0.25) is 5.91 Å². The largest absolute Gasteiger partial charge is 0.354 e. The predicted molar refractivity (Wildman–Crippen MR) is 133 cm³/mol. The average Bonchev–Trinajstić information content (AvgIpc) is 2.77. The second-order valence-corrected chi connectivity index (χ2v) is 9.01. The molecule has 4 rings (SSSR count). The molecule has 2 aromatic heterocycles. The number of nitrogens with one attached hydrogen (secondary N) is 2. The number of halogens is 2. The highest BCUT2D eigenvalue weighted by atomic mass is 32.2. The van der Waals surface area contributed by atoms with E-state index in [1.807, 2.05) is 43.3 Å². The Labute approximate surface area is 201 Å². The molecule has 2 heterocycles. The van der Waals surface area contributed by atoms with E-state index in [1.54, 1.807) is 6.20 Å². The van der Waals surface area contributed by atoms with Crippen molar-refractivity contribution in [3.05, 3.63) is 77.6 Å². The molecule has 4 aromatic rings. The minimum atomic E-state index is -0.748. The van der Waals surface area contributed by atoms with E-state index in [1.165, 1.54) is 6.92 Å². The number of amides is 1. The molecule has 34 heavy (non-hydrogen) atoms. The maximum Gasteiger partial charge on any atom is 0.221 e. The van der Waals surface area contributed by atoms with Crippen LogP contribution in [0, 0.1) is 18.6 Å². The molecule has 174 valence electrons. The number of carbonyl (C=O) groups excluding carboxylic acids is 1. The molecule has 0 spiro atoms. The van der Waals surface area contributed by atoms with Gasteiger partial charge in [-0.25, -0.2) is 18.7 Å². The lowest BCUT2D eigenvalue weighted by molar-refractivity contribution is -0.114. The maximum atomic E-state index is 14.7. The quantitative estimate of drug-likeness (QED) is 0.299. The zero-order valence-electron chi connectivity index (χ0n) is 19.1. The Hall–Kier alpha value is -3.52. The lowest BCUT2D eigenvalue weighted by Gasteiger charge is -2.15. The van der Waals surface area contributed by atoms with E-state index in [0.29, 0.717) is 16.2 Å². The molecule has 0 bridgehead atoms. The van der Waals surface area contributed by atoms with Crippen molar-refractivity contribution in [2.45, 2.75) is 43.4 Å². The normalized spacial score (nSPS) is 11.0. The lowest BCUT2D eigenvalue weighted by atomic mass is 10.1. The highest BCUT2D eigenvalue weighted by Gasteiger charge is 2.16. The topological polar surface area (TPSA) is 66.9 Å². The van der Waals surface area contributed by atoms with Crippen LogP contribution >= 0.6 is 11.8 Å². The van der Waals surface area contributed by atoms with Crippen molar-refractivity contribution in [3.8, 4) is 0 Å². The zero-order chi connectivity index (χ0) is 24.2. The summed E-state index contributed by atoms with van der Waals surface area (Å²) in [6, 6.07) is 13.7. The molecule has 0 saturated carbocycles. The van der Waals surface area contributed by atoms with E-state index in [4.69, 9.17) is 0 Å². The summed E-state index contributed by atoms with van der Waals surface area (Å²) < 4.78 is 29.5. The summed E-state index contributed by atoms with van der Waals surface area (Å²) in [4.78, 5) is 20.8. The molecule has 0 radical (unpaired) electrons. The predicted octanol–water partition coefficient (Wildman–Crippen LogP) is 7.02. The summed E-state index contributed by atoms with van der Waals surface area (Å²) in [6.45, 7) is 5.34. The number of nitrogens with zero attached hydrogens (tertiary/aromatic N) is 2. The van der Waals surface area contributed by atoms with Crippen molar-refractivity contribution in [3.63, 3.8) is 0 Å². The van der Waals surface area contributed by atoms with Gasteiger partial charge in [0.25, 0.3) is 0 Å². The van der Waals surface area contributed by atoms with Gasteiger partial charge >= 0.3 is 0 Å². The number of fused-ring (bicyclic) bond motifs is 1. The minimum absolute atomic E-state index is 0.0762. The first kappa shape index (κ1) is 23.6. The number of aryl methyl sites for hydroxylation is 2. The van der Waals surface area contributed by atoms with Crippen LogP contribution in [0.2, 0.25) is 0 Å². The van der Waals surface area contributed by atoms with E-state index < -0.39 is 17.5 Å². The van der Waals surface area contributed by atoms with Gasteiger partial charge in [-0.05, 0) is 61.4 Å². The van der Waals surface area contributed by atoms with Gasteiger partial charge in [-0.15, -0.1) is 0 Å². The molecule has 2 N–H and O–H groups in total. The first-order chi connectivity index (χ1) is 16.3. The average molecular weight is 479 g/mol. The summed E-state index contributed by atoms with van der Waals surface area (Å²) in [5, 5.41) is 6.67. The lowest BCUT2D eigenvalue weighted by Crippen LogP contribution is -2.06. The van der Waals surface area contributed by atoms with Gasteiger partial charge in [-0.3, -0.25) is 4.79 Å². The van der Waals surface area contributed by atoms with Crippen LogP contribution in [-0.4, -0.2) is 15.9 Å². The third kappa shape index (κ3) is 5.34. The minimum Gasteiger partial charge on any atom is -0.354 e. The molecule has 2 aromatic carbocycles. The van der Waals surface area contributed by atoms with E-state index in [-0.39, 0.29) is 10.6 Å². The number of carbonyl (C=O) groups is 1. The van der Waals surface area contributed by atoms with E-state index >= 15 is 0 Å². The van der Waals surface area contributed by atoms with Crippen LogP contribution in [0.3, 0.4) is 0 Å². The number of rotatable bonds is 7. The van der Waals surface area contributed by atoms with Crippen molar-refractivity contribution >= 4 is 45.8 Å². The van der Waals surface area contributed by atoms with Crippen LogP contribution in [0.5, 0.6) is 0 Å². The Morgan fingerprint density at radius 2 is 1.79 bits per heavy atom. The third-order valence-electron chi connectivity index (χ3n) is 5.10. The number of anilines is 3. The van der Waals surface area contributed by atoms with Gasteiger partial charge in [0.15, 0.2) is 5.65 Å². The molecule has 0 unspecified atom stereocenters. The number of hydrogen-bond donors (Lipinski definition) is 2. The SMILES string of the molecule is CCCc1ccc2c(Nc3cc(C)ccc3Sc3c(F)cc(NC(C)=O)cc3F)ccnc2n1. The van der Waals surface area contributed by atoms with Crippen LogP contribution in [0.25, 0.3) is 11.0 Å². The fourth-order valence-corrected chi connectivity index (χ4v) is 4.48. The van der Waals surface area contributed by atoms with Crippen molar-refractivity contribution < 1.29 is 13.6 Å². The van der Waals surface area contributed by atoms with Crippen LogP contribution in [0.15, 0.2) is 64.5 Å². The summed E-state index contributed by atoms with van der Waals surface area (Å²) >= 11 is 0.981. The number of pyridine rings is 2. The number of benzene rings is 2. The van der Waals surface area contributed by atoms with Crippen LogP contribution < -0.4 is 10.6 Å². The van der Waals surface area contributed by atoms with Gasteiger partial charge in [0.05, 0.1) is 16.3 Å². The second-order valence-electron chi connectivity index (χ2n) is 7.96. The smallest absolute Gasteiger partial charge is 0.221 e. The van der Waals surface area contributed by atoms with Gasteiger partial charge in [-0.2, -0.15) is 0 Å². The molecule has 5 nitrogen and oxygen atoms in total. The maximum absolute atomic E-state index is 14.7. The molecule has 0 aliphatic rings. The van der Waals surface area contributed by atoms with E-state index in [9.17, 15) is 13.6 Å². The van der Waals surface area contributed by atoms with Gasteiger partial charge in [0, 0.05) is 34.8 Å². The van der Waals surface area contributed by atoms with Gasteiger partial charge in [-0.1, -0.05) is 31.2 Å². The fraction of sp³-hybridized carbons (Fsp3) is 0.192. The van der Waals surface area contributed by atoms with Crippen molar-refractivity contribution in [2.24, 2.45) is 0 Å². The first-order valence-electron chi connectivity index (χ1n) is 10.9. The highest BCUT2D eigenvalue weighted by Crippen LogP contribution is 2.39. The first-order valence-corrected chi connectivity index (χ1v) is 11.7. The van der Waals surface area contributed by atoms with Gasteiger partial charge < -0.3 is 10.6 Å². The summed E-state index contributed by atoms with van der Waals surface area (Å²) in [6.07, 6.45) is 3.57. The molecule has 0 aliphatic carbocycles. The second kappa shape index (κ2) is 10.2.